The number of rotatable bonds is 5. The van der Waals surface area contributed by atoms with Crippen molar-refractivity contribution in [2.24, 2.45) is 0 Å². The van der Waals surface area contributed by atoms with Crippen molar-refractivity contribution in [1.29, 1.82) is 0 Å². The minimum Gasteiger partial charge on any atom is -0.444 e. The summed E-state index contributed by atoms with van der Waals surface area (Å²) in [7, 11) is 0. The van der Waals surface area contributed by atoms with Crippen LogP contribution >= 0.6 is 15.9 Å². The number of piperazine rings is 1. The van der Waals surface area contributed by atoms with Crippen molar-refractivity contribution >= 4 is 44.5 Å². The number of fused-ring (bicyclic) bond motifs is 1. The molecule has 2 saturated heterocycles. The molecule has 2 aromatic carbocycles. The average Bonchev–Trinajstić information content (AvgIpc) is 3.41. The number of anilines is 1. The van der Waals surface area contributed by atoms with Crippen LogP contribution in [0.25, 0.3) is 10.9 Å². The lowest BCUT2D eigenvalue weighted by molar-refractivity contribution is 0.0240. The molecular weight excluding hydrogens is 603 g/mol. The molecule has 3 heterocycles. The molecule has 2 fully saturated rings. The fourth-order valence-electron chi connectivity index (χ4n) is 5.87. The van der Waals surface area contributed by atoms with Crippen molar-refractivity contribution in [2.45, 2.75) is 65.1 Å². The number of pyridine rings is 1. The first kappa shape index (κ1) is 30.1. The van der Waals surface area contributed by atoms with E-state index in [1.165, 1.54) is 6.07 Å². The van der Waals surface area contributed by atoms with Gasteiger partial charge in [-0.05, 0) is 76.8 Å². The van der Waals surface area contributed by atoms with Crippen LogP contribution in [0.3, 0.4) is 0 Å². The maximum atomic E-state index is 15.6. The normalized spacial score (nSPS) is 17.7. The van der Waals surface area contributed by atoms with Crippen LogP contribution in [0.15, 0.2) is 51.9 Å². The van der Waals surface area contributed by atoms with E-state index in [2.05, 4.69) is 15.9 Å². The van der Waals surface area contributed by atoms with Gasteiger partial charge in [0, 0.05) is 61.4 Å². The van der Waals surface area contributed by atoms with Crippen LogP contribution in [0, 0.1) is 5.82 Å². The Morgan fingerprint density at radius 3 is 2.38 bits per heavy atom. The summed E-state index contributed by atoms with van der Waals surface area (Å²) in [6.07, 6.45) is 3.71. The minimum atomic E-state index is -0.585. The van der Waals surface area contributed by atoms with Crippen molar-refractivity contribution in [3.63, 3.8) is 0 Å². The maximum Gasteiger partial charge on any atom is 0.410 e. The van der Waals surface area contributed by atoms with Crippen molar-refractivity contribution in [3.05, 3.63) is 74.2 Å². The van der Waals surface area contributed by atoms with Crippen LogP contribution in [0.2, 0.25) is 0 Å². The first-order valence-electron chi connectivity index (χ1n) is 14.6. The van der Waals surface area contributed by atoms with Gasteiger partial charge in [0.2, 0.25) is 5.43 Å². The summed E-state index contributed by atoms with van der Waals surface area (Å²) < 4.78 is 23.9. The Balaban J connectivity index is 1.39. The number of halogens is 2. The van der Waals surface area contributed by atoms with E-state index in [0.717, 1.165) is 22.9 Å². The highest BCUT2D eigenvalue weighted by molar-refractivity contribution is 9.10. The lowest BCUT2D eigenvalue weighted by Gasteiger charge is -2.37. The number of benzene rings is 2. The first-order valence-corrected chi connectivity index (χ1v) is 15.4. The largest absolute Gasteiger partial charge is 0.444 e. The average molecular weight is 642 g/mol. The SMILES string of the molecule is CCn1cc(C(=O)N2CCCC2Cc2ccc(Br)cc2)c(=O)c2cc(F)c(N3CCN(C(=O)OC(C)(C)C)CC3)cc21. The van der Waals surface area contributed by atoms with Crippen molar-refractivity contribution in [2.75, 3.05) is 37.6 Å². The van der Waals surface area contributed by atoms with E-state index in [1.54, 1.807) is 22.1 Å². The quantitative estimate of drug-likeness (QED) is 0.351. The summed E-state index contributed by atoms with van der Waals surface area (Å²) in [5.74, 6) is -0.821. The predicted molar refractivity (Wildman–Crippen MR) is 166 cm³/mol. The van der Waals surface area contributed by atoms with Gasteiger partial charge < -0.3 is 24.0 Å². The van der Waals surface area contributed by atoms with E-state index in [9.17, 15) is 14.4 Å². The number of carbonyl (C=O) groups excluding carboxylic acids is 2. The van der Waals surface area contributed by atoms with Gasteiger partial charge in [-0.25, -0.2) is 9.18 Å². The topological polar surface area (TPSA) is 75.1 Å². The van der Waals surface area contributed by atoms with E-state index in [0.29, 0.717) is 56.9 Å². The summed E-state index contributed by atoms with van der Waals surface area (Å²) in [6, 6.07) is 11.0. The molecule has 0 spiro atoms. The van der Waals surface area contributed by atoms with E-state index >= 15 is 4.39 Å². The monoisotopic (exact) mass is 640 g/mol. The Morgan fingerprint density at radius 1 is 1.05 bits per heavy atom. The Labute approximate surface area is 254 Å². The molecule has 0 bridgehead atoms. The molecule has 224 valence electrons. The molecule has 0 aliphatic carbocycles. The predicted octanol–water partition coefficient (Wildman–Crippen LogP) is 5.83. The fraction of sp³-hybridized carbons (Fsp3) is 0.469. The molecule has 2 aliphatic heterocycles. The maximum absolute atomic E-state index is 15.6. The molecule has 42 heavy (non-hydrogen) atoms. The molecule has 0 N–H and O–H groups in total. The number of hydrogen-bond donors (Lipinski definition) is 0. The smallest absolute Gasteiger partial charge is 0.410 e. The van der Waals surface area contributed by atoms with Gasteiger partial charge in [-0.15, -0.1) is 0 Å². The zero-order chi connectivity index (χ0) is 30.2. The fourth-order valence-corrected chi connectivity index (χ4v) is 6.14. The molecular formula is C32H38BrFN4O4. The molecule has 10 heteroatoms. The highest BCUT2D eigenvalue weighted by Crippen LogP contribution is 2.28. The number of ether oxygens (including phenoxy) is 1. The van der Waals surface area contributed by atoms with Crippen LogP contribution in [0.5, 0.6) is 0 Å². The third-order valence-electron chi connectivity index (χ3n) is 8.01. The standard InChI is InChI=1S/C32H38BrFN4O4/c1-5-35-20-25(30(40)38-12-6-7-23(38)17-21-8-10-22(33)11-9-21)29(39)24-18-26(34)28(19-27(24)35)36-13-15-37(16-14-36)31(41)42-32(2,3)4/h8-11,18-20,23H,5-7,12-17H2,1-4H3. The van der Waals surface area contributed by atoms with E-state index < -0.39 is 16.8 Å². The van der Waals surface area contributed by atoms with Gasteiger partial charge in [-0.2, -0.15) is 0 Å². The zero-order valence-corrected chi connectivity index (χ0v) is 26.2. The second-order valence-corrected chi connectivity index (χ2v) is 13.0. The van der Waals surface area contributed by atoms with Gasteiger partial charge >= 0.3 is 6.09 Å². The van der Waals surface area contributed by atoms with Crippen LogP contribution in [-0.4, -0.2) is 70.7 Å². The van der Waals surface area contributed by atoms with Crippen LogP contribution in [0.1, 0.15) is 56.5 Å². The lowest BCUT2D eigenvalue weighted by Crippen LogP contribution is -2.50. The molecule has 1 atom stereocenters. The highest BCUT2D eigenvalue weighted by atomic mass is 79.9. The van der Waals surface area contributed by atoms with Gasteiger partial charge in [0.15, 0.2) is 0 Å². The molecule has 5 rings (SSSR count). The van der Waals surface area contributed by atoms with Gasteiger partial charge in [0.25, 0.3) is 5.91 Å². The van der Waals surface area contributed by atoms with Gasteiger partial charge in [0.05, 0.1) is 11.2 Å². The first-order chi connectivity index (χ1) is 19.9. The van der Waals surface area contributed by atoms with Crippen LogP contribution in [-0.2, 0) is 17.7 Å². The highest BCUT2D eigenvalue weighted by Gasteiger charge is 2.32. The molecule has 0 saturated carbocycles. The number of nitrogens with zero attached hydrogens (tertiary/aromatic N) is 4. The Kier molecular flexibility index (Phi) is 8.64. The number of amides is 2. The summed E-state index contributed by atoms with van der Waals surface area (Å²) in [5.41, 5.74) is 1.13. The number of aryl methyl sites for hydroxylation is 1. The molecule has 3 aromatic rings. The summed E-state index contributed by atoms with van der Waals surface area (Å²) in [5, 5.41) is 0.194. The van der Waals surface area contributed by atoms with Crippen LogP contribution in [0.4, 0.5) is 14.9 Å². The lowest BCUT2D eigenvalue weighted by atomic mass is 10.0. The zero-order valence-electron chi connectivity index (χ0n) is 24.7. The van der Waals surface area contributed by atoms with E-state index in [-0.39, 0.29) is 29.0 Å². The second-order valence-electron chi connectivity index (χ2n) is 12.1. The Morgan fingerprint density at radius 2 is 1.74 bits per heavy atom. The van der Waals surface area contributed by atoms with E-state index in [1.807, 2.05) is 61.4 Å². The Bertz CT molecular complexity index is 1540. The molecule has 8 nitrogen and oxygen atoms in total. The summed E-state index contributed by atoms with van der Waals surface area (Å²) in [4.78, 5) is 45.2. The number of hydrogen-bond acceptors (Lipinski definition) is 5. The molecule has 2 amide bonds. The van der Waals surface area contributed by atoms with Crippen LogP contribution < -0.4 is 10.3 Å². The van der Waals surface area contributed by atoms with Gasteiger partial charge in [-0.1, -0.05) is 28.1 Å². The molecule has 1 aromatic heterocycles. The van der Waals surface area contributed by atoms with Gasteiger partial charge in [0.1, 0.15) is 17.0 Å². The summed E-state index contributed by atoms with van der Waals surface area (Å²) in [6.45, 7) is 10.2. The summed E-state index contributed by atoms with van der Waals surface area (Å²) >= 11 is 3.46. The number of aromatic nitrogens is 1. The molecule has 1 unspecified atom stereocenters. The van der Waals surface area contributed by atoms with Gasteiger partial charge in [-0.3, -0.25) is 9.59 Å². The third kappa shape index (κ3) is 6.33. The molecule has 0 radical (unpaired) electrons. The Hall–Kier alpha value is -3.40. The van der Waals surface area contributed by atoms with E-state index in [4.69, 9.17) is 4.74 Å². The van der Waals surface area contributed by atoms with Crippen molar-refractivity contribution in [1.82, 2.24) is 14.4 Å². The van der Waals surface area contributed by atoms with Crippen molar-refractivity contribution < 1.29 is 18.7 Å². The number of carbonyl (C=O) groups is 2. The molecule has 2 aliphatic rings. The minimum absolute atomic E-state index is 0.00214. The van der Waals surface area contributed by atoms with Crippen molar-refractivity contribution in [3.8, 4) is 0 Å². The third-order valence-corrected chi connectivity index (χ3v) is 8.54. The number of likely N-dealkylation sites (tertiary alicyclic amines) is 1. The second kappa shape index (κ2) is 12.1.